The van der Waals surface area contributed by atoms with E-state index in [9.17, 15) is 4.79 Å². The Labute approximate surface area is 138 Å². The molecular weight excluding hydrogens is 310 g/mol. The van der Waals surface area contributed by atoms with Crippen LogP contribution >= 0.6 is 11.8 Å². The molecule has 0 amide bonds. The van der Waals surface area contributed by atoms with E-state index in [2.05, 4.69) is 15.1 Å². The lowest BCUT2D eigenvalue weighted by molar-refractivity contribution is 0.740. The van der Waals surface area contributed by atoms with Gasteiger partial charge in [0.15, 0.2) is 0 Å². The molecular formula is C16H17N5OS. The summed E-state index contributed by atoms with van der Waals surface area (Å²) in [5, 5.41) is 13.6. The van der Waals surface area contributed by atoms with Gasteiger partial charge in [0, 0.05) is 24.8 Å². The second kappa shape index (κ2) is 6.05. The number of thioether (sulfide) groups is 1. The van der Waals surface area contributed by atoms with Gasteiger partial charge in [0.25, 0.3) is 5.56 Å². The van der Waals surface area contributed by atoms with Crippen molar-refractivity contribution in [1.82, 2.24) is 19.7 Å². The van der Waals surface area contributed by atoms with Crippen molar-refractivity contribution in [3.05, 3.63) is 44.4 Å². The SMILES string of the molecule is C/C(=C\c1c2c(nn1C)CCSC2)c1nc(C)c(C#N)c(=O)[nH]1. The van der Waals surface area contributed by atoms with E-state index in [4.69, 9.17) is 5.26 Å². The first-order valence-corrected chi connectivity index (χ1v) is 8.49. The highest BCUT2D eigenvalue weighted by molar-refractivity contribution is 7.98. The van der Waals surface area contributed by atoms with Crippen LogP contribution in [0.15, 0.2) is 4.79 Å². The molecule has 7 heteroatoms. The lowest BCUT2D eigenvalue weighted by Crippen LogP contribution is -2.16. The molecule has 0 unspecified atom stereocenters. The smallest absolute Gasteiger partial charge is 0.269 e. The Balaban J connectivity index is 2.06. The highest BCUT2D eigenvalue weighted by Gasteiger charge is 2.18. The minimum atomic E-state index is -0.398. The summed E-state index contributed by atoms with van der Waals surface area (Å²) in [4.78, 5) is 19.0. The zero-order chi connectivity index (χ0) is 16.6. The molecule has 0 saturated carbocycles. The number of fused-ring (bicyclic) bond motifs is 1. The van der Waals surface area contributed by atoms with Gasteiger partial charge in [-0.25, -0.2) is 4.98 Å². The van der Waals surface area contributed by atoms with Crippen molar-refractivity contribution in [2.75, 3.05) is 5.75 Å². The maximum atomic E-state index is 11.9. The second-order valence-electron chi connectivity index (χ2n) is 5.55. The third-order valence-corrected chi connectivity index (χ3v) is 4.93. The number of nitrogens with one attached hydrogen (secondary N) is 1. The van der Waals surface area contributed by atoms with Crippen LogP contribution in [0.3, 0.4) is 0 Å². The third kappa shape index (κ3) is 2.82. The van der Waals surface area contributed by atoms with Crippen LogP contribution in [0.5, 0.6) is 0 Å². The molecule has 6 nitrogen and oxygen atoms in total. The quantitative estimate of drug-likeness (QED) is 0.912. The lowest BCUT2D eigenvalue weighted by atomic mass is 10.1. The van der Waals surface area contributed by atoms with Gasteiger partial charge >= 0.3 is 0 Å². The van der Waals surface area contributed by atoms with E-state index >= 15 is 0 Å². The Morgan fingerprint density at radius 3 is 3.00 bits per heavy atom. The van der Waals surface area contributed by atoms with E-state index in [-0.39, 0.29) is 5.56 Å². The Bertz CT molecular complexity index is 900. The summed E-state index contributed by atoms with van der Waals surface area (Å²) in [6.07, 6.45) is 2.99. The molecule has 0 fully saturated rings. The predicted molar refractivity (Wildman–Crippen MR) is 90.9 cm³/mol. The molecule has 0 atom stereocenters. The number of allylic oxidation sites excluding steroid dienone is 1. The molecule has 1 aliphatic rings. The van der Waals surface area contributed by atoms with Crippen LogP contribution in [0.4, 0.5) is 0 Å². The molecule has 23 heavy (non-hydrogen) atoms. The van der Waals surface area contributed by atoms with Crippen molar-refractivity contribution in [2.45, 2.75) is 26.0 Å². The Hall–Kier alpha value is -2.33. The van der Waals surface area contributed by atoms with Crippen LogP contribution in [0, 0.1) is 18.3 Å². The van der Waals surface area contributed by atoms with Gasteiger partial charge in [-0.3, -0.25) is 9.48 Å². The monoisotopic (exact) mass is 327 g/mol. The number of aryl methyl sites for hydroxylation is 3. The van der Waals surface area contributed by atoms with Crippen LogP contribution < -0.4 is 5.56 Å². The van der Waals surface area contributed by atoms with Crippen molar-refractivity contribution in [3.63, 3.8) is 0 Å². The minimum Gasteiger partial charge on any atom is -0.306 e. The maximum Gasteiger partial charge on any atom is 0.269 e. The maximum absolute atomic E-state index is 11.9. The normalized spacial score (nSPS) is 14.4. The molecule has 0 saturated heterocycles. The molecule has 2 aromatic rings. The number of hydrogen-bond donors (Lipinski definition) is 1. The molecule has 0 radical (unpaired) electrons. The number of hydrogen-bond acceptors (Lipinski definition) is 5. The van der Waals surface area contributed by atoms with E-state index in [1.807, 2.05) is 42.6 Å². The molecule has 0 aliphatic carbocycles. The Morgan fingerprint density at radius 1 is 1.52 bits per heavy atom. The van der Waals surface area contributed by atoms with Gasteiger partial charge in [-0.05, 0) is 31.2 Å². The van der Waals surface area contributed by atoms with Crippen LogP contribution in [0.25, 0.3) is 11.6 Å². The highest BCUT2D eigenvalue weighted by atomic mass is 32.2. The first-order valence-electron chi connectivity index (χ1n) is 7.33. The van der Waals surface area contributed by atoms with Crippen molar-refractivity contribution >= 4 is 23.4 Å². The van der Waals surface area contributed by atoms with Crippen molar-refractivity contribution < 1.29 is 0 Å². The summed E-state index contributed by atoms with van der Waals surface area (Å²) in [6, 6.07) is 1.88. The van der Waals surface area contributed by atoms with E-state index in [0.29, 0.717) is 11.5 Å². The minimum absolute atomic E-state index is 0.0656. The molecule has 1 aliphatic heterocycles. The van der Waals surface area contributed by atoms with Crippen molar-refractivity contribution in [3.8, 4) is 6.07 Å². The Kier molecular flexibility index (Phi) is 4.09. The summed E-state index contributed by atoms with van der Waals surface area (Å²) >= 11 is 1.91. The van der Waals surface area contributed by atoms with Gasteiger partial charge in [-0.15, -0.1) is 0 Å². The van der Waals surface area contributed by atoms with Crippen LogP contribution in [0.1, 0.15) is 41.0 Å². The van der Waals surface area contributed by atoms with Gasteiger partial charge in [0.1, 0.15) is 17.5 Å². The predicted octanol–water partition coefficient (Wildman–Crippen LogP) is 2.03. The fourth-order valence-corrected chi connectivity index (χ4v) is 3.70. The number of nitrogens with zero attached hydrogens (tertiary/aromatic N) is 4. The number of rotatable bonds is 2. The molecule has 2 aromatic heterocycles. The summed E-state index contributed by atoms with van der Waals surface area (Å²) in [6.45, 7) is 3.58. The molecule has 0 bridgehead atoms. The van der Waals surface area contributed by atoms with Gasteiger partial charge in [-0.1, -0.05) is 0 Å². The zero-order valence-electron chi connectivity index (χ0n) is 13.3. The standard InChI is InChI=1S/C16H17N5OS/c1-9(15-18-10(2)11(7-17)16(22)19-15)6-14-12-8-23-5-4-13(12)20-21(14)3/h6H,4-5,8H2,1-3H3,(H,18,19,22)/b9-6+. The number of aromatic amines is 1. The average molecular weight is 327 g/mol. The first-order chi connectivity index (χ1) is 11.0. The van der Waals surface area contributed by atoms with Crippen LogP contribution in [0.2, 0.25) is 0 Å². The molecule has 118 valence electrons. The van der Waals surface area contributed by atoms with E-state index in [0.717, 1.165) is 34.9 Å². The largest absolute Gasteiger partial charge is 0.306 e. The molecule has 3 heterocycles. The van der Waals surface area contributed by atoms with Gasteiger partial charge in [0.05, 0.1) is 17.1 Å². The zero-order valence-corrected chi connectivity index (χ0v) is 14.1. The Morgan fingerprint density at radius 2 is 2.30 bits per heavy atom. The van der Waals surface area contributed by atoms with Crippen LogP contribution in [-0.4, -0.2) is 25.5 Å². The van der Waals surface area contributed by atoms with E-state index in [1.54, 1.807) is 6.92 Å². The van der Waals surface area contributed by atoms with E-state index in [1.165, 1.54) is 5.56 Å². The fourth-order valence-electron chi connectivity index (χ4n) is 2.70. The van der Waals surface area contributed by atoms with Gasteiger partial charge < -0.3 is 4.98 Å². The fraction of sp³-hybridized carbons (Fsp3) is 0.375. The summed E-state index contributed by atoms with van der Waals surface area (Å²) in [7, 11) is 1.93. The lowest BCUT2D eigenvalue weighted by Gasteiger charge is -2.10. The summed E-state index contributed by atoms with van der Waals surface area (Å²) in [5.41, 5.74) is 4.42. The average Bonchev–Trinajstić information content (AvgIpc) is 2.83. The molecule has 0 aromatic carbocycles. The number of H-pyrrole nitrogens is 1. The van der Waals surface area contributed by atoms with Gasteiger partial charge in [-0.2, -0.15) is 22.1 Å². The topological polar surface area (TPSA) is 87.4 Å². The second-order valence-corrected chi connectivity index (χ2v) is 6.66. The third-order valence-electron chi connectivity index (χ3n) is 3.95. The van der Waals surface area contributed by atoms with Crippen molar-refractivity contribution in [2.24, 2.45) is 7.05 Å². The summed E-state index contributed by atoms with van der Waals surface area (Å²) in [5.74, 6) is 2.55. The van der Waals surface area contributed by atoms with Gasteiger partial charge in [0.2, 0.25) is 0 Å². The molecule has 3 rings (SSSR count). The van der Waals surface area contributed by atoms with Crippen LogP contribution in [-0.2, 0) is 19.2 Å². The summed E-state index contributed by atoms with van der Waals surface area (Å²) < 4.78 is 1.88. The highest BCUT2D eigenvalue weighted by Crippen LogP contribution is 2.28. The van der Waals surface area contributed by atoms with E-state index < -0.39 is 5.56 Å². The first kappa shape index (κ1) is 15.6. The number of nitriles is 1. The van der Waals surface area contributed by atoms with Crippen molar-refractivity contribution in [1.29, 1.82) is 5.26 Å². The molecule has 0 spiro atoms. The molecule has 1 N–H and O–H groups in total. The number of aromatic nitrogens is 4.